The number of guanidine groups is 1. The van der Waals surface area contributed by atoms with Crippen LogP contribution in [0.3, 0.4) is 0 Å². The molecule has 2 N–H and O–H groups in total. The largest absolute Gasteiger partial charge is 0.378 e. The molecule has 0 aliphatic carbocycles. The van der Waals surface area contributed by atoms with Crippen molar-refractivity contribution in [3.8, 4) is 0 Å². The van der Waals surface area contributed by atoms with Gasteiger partial charge in [0.1, 0.15) is 5.69 Å². The zero-order chi connectivity index (χ0) is 22.0. The quantitative estimate of drug-likeness (QED) is 0.133. The van der Waals surface area contributed by atoms with E-state index in [1.165, 1.54) is 12.1 Å². The molecule has 0 atom stereocenters. The summed E-state index contributed by atoms with van der Waals surface area (Å²) in [6.45, 7) is 13.3. The molecule has 1 aliphatic rings. The first-order valence-corrected chi connectivity index (χ1v) is 11.5. The number of likely N-dealkylation sites (tertiary alicyclic amines) is 1. The van der Waals surface area contributed by atoms with E-state index in [0.717, 1.165) is 31.4 Å². The van der Waals surface area contributed by atoms with Gasteiger partial charge in [0.15, 0.2) is 15.8 Å². The molecule has 0 spiro atoms. The van der Waals surface area contributed by atoms with Gasteiger partial charge in [0, 0.05) is 42.9 Å². The van der Waals surface area contributed by atoms with E-state index in [9.17, 15) is 18.5 Å². The Morgan fingerprint density at radius 1 is 1.30 bits per heavy atom. The van der Waals surface area contributed by atoms with Gasteiger partial charge >= 0.3 is 0 Å². The number of nitrogens with one attached hydrogen (secondary N) is 2. The zero-order valence-corrected chi connectivity index (χ0v) is 21.5. The Bertz CT molecular complexity index is 915. The summed E-state index contributed by atoms with van der Waals surface area (Å²) >= 11 is 0. The minimum absolute atomic E-state index is 0. The maximum atomic E-state index is 11.6. The van der Waals surface area contributed by atoms with Crippen molar-refractivity contribution in [3.05, 3.63) is 28.3 Å². The van der Waals surface area contributed by atoms with Crippen LogP contribution in [0.4, 0.5) is 11.4 Å². The van der Waals surface area contributed by atoms with Crippen molar-refractivity contribution < 1.29 is 13.3 Å². The number of rotatable bonds is 7. The lowest BCUT2D eigenvalue weighted by Gasteiger charge is -2.62. The number of sulfone groups is 1. The lowest BCUT2D eigenvalue weighted by molar-refractivity contribution is -0.384. The third kappa shape index (κ3) is 5.54. The molecule has 170 valence electrons. The molecule has 9 nitrogen and oxygen atoms in total. The molecular weight excluding hydrogens is 521 g/mol. The highest BCUT2D eigenvalue weighted by Crippen LogP contribution is 2.46. The summed E-state index contributed by atoms with van der Waals surface area (Å²) in [5.41, 5.74) is 0.160. The molecule has 0 radical (unpaired) electrons. The van der Waals surface area contributed by atoms with E-state index in [0.29, 0.717) is 13.1 Å². The summed E-state index contributed by atoms with van der Waals surface area (Å²) < 4.78 is 23.3. The second-order valence-electron chi connectivity index (χ2n) is 8.40. The molecule has 30 heavy (non-hydrogen) atoms. The van der Waals surface area contributed by atoms with Crippen LogP contribution < -0.4 is 10.6 Å². The summed E-state index contributed by atoms with van der Waals surface area (Å²) in [6.07, 6.45) is 1.02. The Balaban J connectivity index is 0.00000450. The predicted molar refractivity (Wildman–Crippen MR) is 131 cm³/mol. The molecule has 0 bridgehead atoms. The van der Waals surface area contributed by atoms with Gasteiger partial charge in [0.25, 0.3) is 5.69 Å². The smallest absolute Gasteiger partial charge is 0.293 e. The molecule has 1 aromatic carbocycles. The number of nitro groups is 1. The van der Waals surface area contributed by atoms with E-state index >= 15 is 0 Å². The van der Waals surface area contributed by atoms with Gasteiger partial charge in [0.05, 0.1) is 16.4 Å². The topological polar surface area (TPSA) is 117 Å². The Hall–Kier alpha value is -1.63. The van der Waals surface area contributed by atoms with E-state index in [1.807, 2.05) is 6.92 Å². The number of anilines is 1. The summed E-state index contributed by atoms with van der Waals surface area (Å²) in [7, 11) is -3.51. The number of halogens is 1. The number of hydrogen-bond donors (Lipinski definition) is 2. The van der Waals surface area contributed by atoms with Gasteiger partial charge in [-0.1, -0.05) is 13.8 Å². The second-order valence-corrected chi connectivity index (χ2v) is 10.4. The van der Waals surface area contributed by atoms with Crippen molar-refractivity contribution in [1.82, 2.24) is 10.2 Å². The Kier molecular flexibility index (Phi) is 8.51. The minimum Gasteiger partial charge on any atom is -0.378 e. The number of nitrogens with zero attached hydrogens (tertiary/aromatic N) is 3. The molecule has 0 amide bonds. The van der Waals surface area contributed by atoms with Gasteiger partial charge in [-0.15, -0.1) is 24.0 Å². The molecule has 0 unspecified atom stereocenters. The van der Waals surface area contributed by atoms with E-state index in [-0.39, 0.29) is 51.2 Å². The molecule has 1 fully saturated rings. The molecule has 1 aliphatic heterocycles. The number of nitro benzene ring substituents is 1. The van der Waals surface area contributed by atoms with Crippen molar-refractivity contribution in [3.63, 3.8) is 0 Å². The highest BCUT2D eigenvalue weighted by Gasteiger charge is 2.53. The van der Waals surface area contributed by atoms with E-state index < -0.39 is 14.8 Å². The molecule has 1 saturated heterocycles. The first kappa shape index (κ1) is 26.4. The normalized spacial score (nSPS) is 17.5. The first-order valence-electron chi connectivity index (χ1n) is 9.59. The van der Waals surface area contributed by atoms with Crippen molar-refractivity contribution >= 4 is 51.1 Å². The van der Waals surface area contributed by atoms with Crippen molar-refractivity contribution in [1.29, 1.82) is 0 Å². The third-order valence-electron chi connectivity index (χ3n) is 5.76. The Labute approximate surface area is 195 Å². The van der Waals surface area contributed by atoms with Gasteiger partial charge in [-0.05, 0) is 32.9 Å². The SMILES string of the molecule is CCNC(=NCCNc1ccc(S(C)(=O)=O)cc1[N+](=O)[O-])N1CC(C)(C)C1(C)C.I. The van der Waals surface area contributed by atoms with E-state index in [1.54, 1.807) is 0 Å². The van der Waals surface area contributed by atoms with E-state index in [2.05, 4.69) is 48.2 Å². The maximum Gasteiger partial charge on any atom is 0.293 e. The van der Waals surface area contributed by atoms with Gasteiger partial charge in [0.2, 0.25) is 0 Å². The van der Waals surface area contributed by atoms with Crippen LogP contribution in [0.5, 0.6) is 0 Å². The van der Waals surface area contributed by atoms with Crippen molar-refractivity contribution in [2.24, 2.45) is 10.4 Å². The average molecular weight is 553 g/mol. The van der Waals surface area contributed by atoms with Gasteiger partial charge in [-0.2, -0.15) is 0 Å². The number of aliphatic imine (C=N–C) groups is 1. The lowest BCUT2D eigenvalue weighted by atomic mass is 9.65. The minimum atomic E-state index is -3.51. The van der Waals surface area contributed by atoms with Gasteiger partial charge < -0.3 is 15.5 Å². The van der Waals surface area contributed by atoms with Crippen molar-refractivity contribution in [2.75, 3.05) is 37.8 Å². The summed E-state index contributed by atoms with van der Waals surface area (Å²) in [4.78, 5) is 17.5. The molecule has 1 aromatic rings. The van der Waals surface area contributed by atoms with Crippen molar-refractivity contribution in [2.45, 2.75) is 45.1 Å². The Morgan fingerprint density at radius 2 is 1.93 bits per heavy atom. The zero-order valence-electron chi connectivity index (χ0n) is 18.4. The molecular formula is C19H32IN5O4S. The maximum absolute atomic E-state index is 11.6. The van der Waals surface area contributed by atoms with Crippen LogP contribution in [-0.2, 0) is 9.84 Å². The first-order chi connectivity index (χ1) is 13.3. The summed E-state index contributed by atoms with van der Waals surface area (Å²) in [6, 6.07) is 3.86. The lowest BCUT2D eigenvalue weighted by Crippen LogP contribution is -2.72. The van der Waals surface area contributed by atoms with Crippen LogP contribution in [-0.4, -0.2) is 62.2 Å². The van der Waals surface area contributed by atoms with Gasteiger partial charge in [-0.3, -0.25) is 15.1 Å². The molecule has 11 heteroatoms. The highest BCUT2D eigenvalue weighted by molar-refractivity contribution is 14.0. The fourth-order valence-corrected chi connectivity index (χ4v) is 3.83. The predicted octanol–water partition coefficient (Wildman–Crippen LogP) is 3.11. The van der Waals surface area contributed by atoms with Crippen LogP contribution in [0.1, 0.15) is 34.6 Å². The average Bonchev–Trinajstić information content (AvgIpc) is 2.61. The molecule has 1 heterocycles. The van der Waals surface area contributed by atoms with Crippen LogP contribution >= 0.6 is 24.0 Å². The number of benzene rings is 1. The van der Waals surface area contributed by atoms with Gasteiger partial charge in [-0.25, -0.2) is 8.42 Å². The molecule has 0 saturated carbocycles. The third-order valence-corrected chi connectivity index (χ3v) is 6.87. The Morgan fingerprint density at radius 3 is 2.40 bits per heavy atom. The van der Waals surface area contributed by atoms with Crippen LogP contribution in [0.25, 0.3) is 0 Å². The molecule has 2 rings (SSSR count). The summed E-state index contributed by atoms with van der Waals surface area (Å²) in [5, 5.41) is 17.6. The highest BCUT2D eigenvalue weighted by atomic mass is 127. The van der Waals surface area contributed by atoms with Crippen LogP contribution in [0.2, 0.25) is 0 Å². The van der Waals surface area contributed by atoms with Crippen LogP contribution in [0, 0.1) is 15.5 Å². The fraction of sp³-hybridized carbons (Fsp3) is 0.632. The van der Waals surface area contributed by atoms with Crippen LogP contribution in [0.15, 0.2) is 28.1 Å². The molecule has 0 aromatic heterocycles. The number of hydrogen-bond acceptors (Lipinski definition) is 6. The standard InChI is InChI=1S/C19H31N5O4S.HI/c1-7-20-17(23-13-18(2,3)19(23,4)5)22-11-10-21-15-9-8-14(29(6,27)28)12-16(15)24(25)26;/h8-9,12,21H,7,10-11,13H2,1-6H3,(H,20,22);1H. The summed E-state index contributed by atoms with van der Waals surface area (Å²) in [5.74, 6) is 0.820. The van der Waals surface area contributed by atoms with E-state index in [4.69, 9.17) is 0 Å². The fourth-order valence-electron chi connectivity index (χ4n) is 3.19. The monoisotopic (exact) mass is 553 g/mol. The second kappa shape index (κ2) is 9.67.